The van der Waals surface area contributed by atoms with Crippen LogP contribution in [0.3, 0.4) is 0 Å². The maximum atomic E-state index is 12.8. The van der Waals surface area contributed by atoms with E-state index in [9.17, 15) is 14.4 Å². The van der Waals surface area contributed by atoms with Crippen molar-refractivity contribution in [1.29, 1.82) is 0 Å². The SMILES string of the molecule is CC/C=C\C/C=C\C/C=C\C/C=C\C/C=C\CCC(=O)OC(COC(=O)CCCCCCC/C=C\CCCCCCCCC)COC(=O)CCCCCCCCCCCCCCCCCCC. The van der Waals surface area contributed by atoms with Gasteiger partial charge >= 0.3 is 17.9 Å². The van der Waals surface area contributed by atoms with Gasteiger partial charge in [-0.3, -0.25) is 14.4 Å². The molecule has 0 aromatic rings. The van der Waals surface area contributed by atoms with E-state index in [2.05, 4.69) is 87.6 Å². The molecule has 0 aliphatic carbocycles. The van der Waals surface area contributed by atoms with Gasteiger partial charge in [0, 0.05) is 19.3 Å². The molecule has 0 bridgehead atoms. The second kappa shape index (κ2) is 55.4. The van der Waals surface area contributed by atoms with Gasteiger partial charge in [-0.05, 0) is 77.0 Å². The van der Waals surface area contributed by atoms with E-state index >= 15 is 0 Å². The van der Waals surface area contributed by atoms with Crippen molar-refractivity contribution in [3.05, 3.63) is 72.9 Å². The predicted molar refractivity (Wildman–Crippen MR) is 288 cm³/mol. The second-order valence-electron chi connectivity index (χ2n) is 18.8. The maximum absolute atomic E-state index is 12.8. The molecular weight excluding hydrogens is 829 g/mol. The molecule has 0 aliphatic heterocycles. The molecule has 0 spiro atoms. The Hall–Kier alpha value is -3.15. The summed E-state index contributed by atoms with van der Waals surface area (Å²) in [5.74, 6) is -0.989. The fourth-order valence-electron chi connectivity index (χ4n) is 7.96. The molecule has 0 saturated heterocycles. The van der Waals surface area contributed by atoms with Crippen molar-refractivity contribution in [2.75, 3.05) is 13.2 Å². The first-order valence-corrected chi connectivity index (χ1v) is 28.4. The summed E-state index contributed by atoms with van der Waals surface area (Å²) in [6, 6.07) is 0. The molecular formula is C61H106O6. The number of esters is 3. The van der Waals surface area contributed by atoms with Crippen molar-refractivity contribution in [1.82, 2.24) is 0 Å². The standard InChI is InChI=1S/C61H106O6/c1-4-7-10-13-16-19-22-25-28-31-34-36-39-42-45-48-51-54-60(63)66-57-58(67-61(64)55-52-49-46-43-40-37-33-30-27-24-21-18-15-12-9-6-3)56-65-59(62)53-50-47-44-41-38-35-32-29-26-23-20-17-14-11-8-5-2/h9,12,18,21,27,29-30,32,37,40,46,49,58H,4-8,10-11,13-17,19-20,22-26,28,31,33-36,38-39,41-45,47-48,50-57H2,1-3H3/b12-9-,21-18-,30-27-,32-29-,40-37-,49-46-. The van der Waals surface area contributed by atoms with Gasteiger partial charge in [0.25, 0.3) is 0 Å². The van der Waals surface area contributed by atoms with E-state index in [0.717, 1.165) is 77.0 Å². The highest BCUT2D eigenvalue weighted by Crippen LogP contribution is 2.16. The normalized spacial score (nSPS) is 12.6. The van der Waals surface area contributed by atoms with Crippen LogP contribution in [0.15, 0.2) is 72.9 Å². The van der Waals surface area contributed by atoms with E-state index in [0.29, 0.717) is 19.3 Å². The van der Waals surface area contributed by atoms with Crippen molar-refractivity contribution in [3.63, 3.8) is 0 Å². The molecule has 386 valence electrons. The molecule has 0 aromatic heterocycles. The van der Waals surface area contributed by atoms with Crippen LogP contribution in [0.25, 0.3) is 0 Å². The highest BCUT2D eigenvalue weighted by atomic mass is 16.6. The quantitative estimate of drug-likeness (QED) is 0.0262. The molecule has 6 heteroatoms. The smallest absolute Gasteiger partial charge is 0.306 e. The number of carbonyl (C=O) groups is 3. The van der Waals surface area contributed by atoms with Crippen molar-refractivity contribution in [3.8, 4) is 0 Å². The molecule has 67 heavy (non-hydrogen) atoms. The number of rotatable bonds is 51. The summed E-state index contributed by atoms with van der Waals surface area (Å²) in [5.41, 5.74) is 0. The van der Waals surface area contributed by atoms with Gasteiger partial charge in [-0.25, -0.2) is 0 Å². The Kier molecular flexibility index (Phi) is 52.8. The van der Waals surface area contributed by atoms with Crippen LogP contribution in [0, 0.1) is 0 Å². The first-order chi connectivity index (χ1) is 33.0. The topological polar surface area (TPSA) is 78.9 Å². The van der Waals surface area contributed by atoms with Gasteiger partial charge in [0.05, 0.1) is 0 Å². The third kappa shape index (κ3) is 53.7. The van der Waals surface area contributed by atoms with Gasteiger partial charge < -0.3 is 14.2 Å². The predicted octanol–water partition coefficient (Wildman–Crippen LogP) is 19.0. The fourth-order valence-corrected chi connectivity index (χ4v) is 7.96. The minimum atomic E-state index is -0.817. The summed E-state index contributed by atoms with van der Waals surface area (Å²) < 4.78 is 16.8. The van der Waals surface area contributed by atoms with E-state index in [1.54, 1.807) is 0 Å². The summed E-state index contributed by atoms with van der Waals surface area (Å²) in [4.78, 5) is 38.1. The average molecular weight is 936 g/mol. The van der Waals surface area contributed by atoms with Crippen molar-refractivity contribution in [2.24, 2.45) is 0 Å². The highest BCUT2D eigenvalue weighted by Gasteiger charge is 2.19. The van der Waals surface area contributed by atoms with E-state index in [1.807, 2.05) is 6.08 Å². The molecule has 0 amide bonds. The Bertz CT molecular complexity index is 1260. The van der Waals surface area contributed by atoms with Gasteiger partial charge in [-0.1, -0.05) is 254 Å². The minimum Gasteiger partial charge on any atom is -0.462 e. The molecule has 0 N–H and O–H groups in total. The molecule has 0 rings (SSSR count). The lowest BCUT2D eigenvalue weighted by atomic mass is 10.0. The average Bonchev–Trinajstić information content (AvgIpc) is 3.33. The molecule has 6 nitrogen and oxygen atoms in total. The summed E-state index contributed by atoms with van der Waals surface area (Å²) in [6.07, 6.45) is 70.5. The molecule has 1 unspecified atom stereocenters. The van der Waals surface area contributed by atoms with Crippen LogP contribution < -0.4 is 0 Å². The van der Waals surface area contributed by atoms with Crippen LogP contribution >= 0.6 is 0 Å². The van der Waals surface area contributed by atoms with E-state index in [1.165, 1.54) is 154 Å². The largest absolute Gasteiger partial charge is 0.462 e. The molecule has 0 aromatic carbocycles. The summed E-state index contributed by atoms with van der Waals surface area (Å²) in [5, 5.41) is 0. The zero-order chi connectivity index (χ0) is 48.6. The van der Waals surface area contributed by atoms with E-state index in [-0.39, 0.29) is 31.6 Å². The molecule has 0 heterocycles. The first-order valence-electron chi connectivity index (χ1n) is 28.4. The van der Waals surface area contributed by atoms with Gasteiger partial charge in [0.1, 0.15) is 13.2 Å². The van der Waals surface area contributed by atoms with Gasteiger partial charge in [-0.15, -0.1) is 0 Å². The van der Waals surface area contributed by atoms with E-state index in [4.69, 9.17) is 14.2 Å². The number of unbranched alkanes of at least 4 members (excludes halogenated alkanes) is 28. The lowest BCUT2D eigenvalue weighted by Gasteiger charge is -2.18. The third-order valence-corrected chi connectivity index (χ3v) is 12.2. The number of allylic oxidation sites excluding steroid dienone is 12. The number of ether oxygens (including phenoxy) is 3. The monoisotopic (exact) mass is 935 g/mol. The summed E-state index contributed by atoms with van der Waals surface area (Å²) in [6.45, 7) is 6.48. The van der Waals surface area contributed by atoms with Crippen molar-refractivity contribution < 1.29 is 28.6 Å². The Morgan fingerprint density at radius 3 is 0.970 bits per heavy atom. The fraction of sp³-hybridized carbons (Fsp3) is 0.754. The van der Waals surface area contributed by atoms with Crippen molar-refractivity contribution in [2.45, 2.75) is 284 Å². The van der Waals surface area contributed by atoms with Crippen LogP contribution in [-0.4, -0.2) is 37.2 Å². The lowest BCUT2D eigenvalue weighted by Crippen LogP contribution is -2.30. The number of carbonyl (C=O) groups excluding carboxylic acids is 3. The summed E-state index contributed by atoms with van der Waals surface area (Å²) >= 11 is 0. The van der Waals surface area contributed by atoms with Crippen LogP contribution in [0.1, 0.15) is 278 Å². The van der Waals surface area contributed by atoms with E-state index < -0.39 is 12.1 Å². The number of hydrogen-bond donors (Lipinski definition) is 0. The zero-order valence-corrected chi connectivity index (χ0v) is 44.2. The van der Waals surface area contributed by atoms with Gasteiger partial charge in [0.2, 0.25) is 0 Å². The minimum absolute atomic E-state index is 0.105. The molecule has 1 atom stereocenters. The van der Waals surface area contributed by atoms with Gasteiger partial charge in [0.15, 0.2) is 6.10 Å². The van der Waals surface area contributed by atoms with Gasteiger partial charge in [-0.2, -0.15) is 0 Å². The molecule has 0 aliphatic rings. The first kappa shape index (κ1) is 63.8. The zero-order valence-electron chi connectivity index (χ0n) is 44.2. The van der Waals surface area contributed by atoms with Crippen LogP contribution in [0.5, 0.6) is 0 Å². The lowest BCUT2D eigenvalue weighted by molar-refractivity contribution is -0.166. The van der Waals surface area contributed by atoms with Crippen LogP contribution in [-0.2, 0) is 28.6 Å². The highest BCUT2D eigenvalue weighted by molar-refractivity contribution is 5.71. The summed E-state index contributed by atoms with van der Waals surface area (Å²) in [7, 11) is 0. The van der Waals surface area contributed by atoms with Crippen molar-refractivity contribution >= 4 is 17.9 Å². The Morgan fingerprint density at radius 2 is 0.612 bits per heavy atom. The molecule has 0 radical (unpaired) electrons. The van der Waals surface area contributed by atoms with Crippen LogP contribution in [0.4, 0.5) is 0 Å². The van der Waals surface area contributed by atoms with Crippen LogP contribution in [0.2, 0.25) is 0 Å². The maximum Gasteiger partial charge on any atom is 0.306 e. The Balaban J connectivity index is 4.46. The molecule has 0 fully saturated rings. The second-order valence-corrected chi connectivity index (χ2v) is 18.8. The Labute approximate surface area is 414 Å². The number of hydrogen-bond acceptors (Lipinski definition) is 6. The Morgan fingerprint density at radius 1 is 0.313 bits per heavy atom. The third-order valence-electron chi connectivity index (χ3n) is 12.2. The molecule has 0 saturated carbocycles.